The highest BCUT2D eigenvalue weighted by molar-refractivity contribution is 7.90. The highest BCUT2D eigenvalue weighted by atomic mass is 32.2. The number of morpholine rings is 1. The molecule has 1 aromatic rings. The van der Waals surface area contributed by atoms with E-state index in [1.165, 1.54) is 0 Å². The summed E-state index contributed by atoms with van der Waals surface area (Å²) >= 11 is 0. The van der Waals surface area contributed by atoms with Gasteiger partial charge >= 0.3 is 0 Å². The molecule has 1 amide bonds. The van der Waals surface area contributed by atoms with Gasteiger partial charge in [-0.25, -0.2) is 0 Å². The van der Waals surface area contributed by atoms with Gasteiger partial charge in [-0.3, -0.25) is 9.69 Å². The fraction of sp³-hybridized carbons (Fsp3) is 0.619. The van der Waals surface area contributed by atoms with Crippen molar-refractivity contribution in [3.8, 4) is 0 Å². The van der Waals surface area contributed by atoms with Crippen LogP contribution in [0.25, 0.3) is 0 Å². The standard InChI is InChI=1S/C21H30N4O4S/c1-15(2)13-24-10-11-29-16(14-24)12-22-21(26)18-7-5-9-25(18)20-17-6-3-4-8-19(17)30(27,28)23-20/h3-4,6,8,15-16,18H,5,7,9-14H2,1-2H3,(H,22,26)/t16?,18-/m0/s1. The molecule has 0 bridgehead atoms. The van der Waals surface area contributed by atoms with Crippen molar-refractivity contribution in [3.63, 3.8) is 0 Å². The summed E-state index contributed by atoms with van der Waals surface area (Å²) in [5, 5.41) is 3.03. The fourth-order valence-electron chi connectivity index (χ4n) is 4.51. The first-order valence-electron chi connectivity index (χ1n) is 10.7. The third-order valence-electron chi connectivity index (χ3n) is 5.79. The van der Waals surface area contributed by atoms with Gasteiger partial charge in [-0.15, -0.1) is 4.40 Å². The fourth-order valence-corrected chi connectivity index (χ4v) is 5.72. The molecule has 30 heavy (non-hydrogen) atoms. The third-order valence-corrected chi connectivity index (χ3v) is 7.12. The number of ether oxygens (including phenoxy) is 1. The molecule has 8 nitrogen and oxygen atoms in total. The van der Waals surface area contributed by atoms with Crippen LogP contribution in [-0.2, 0) is 19.6 Å². The van der Waals surface area contributed by atoms with Gasteiger partial charge in [0.15, 0.2) is 5.84 Å². The van der Waals surface area contributed by atoms with Gasteiger partial charge in [-0.1, -0.05) is 26.0 Å². The van der Waals surface area contributed by atoms with E-state index in [9.17, 15) is 13.2 Å². The number of sulfonamides is 1. The summed E-state index contributed by atoms with van der Waals surface area (Å²) in [5.41, 5.74) is 0.581. The van der Waals surface area contributed by atoms with Crippen LogP contribution in [0.2, 0.25) is 0 Å². The summed E-state index contributed by atoms with van der Waals surface area (Å²) in [6.07, 6.45) is 1.47. The number of hydrogen-bond donors (Lipinski definition) is 1. The molecule has 0 saturated carbocycles. The average Bonchev–Trinajstić information content (AvgIpc) is 3.29. The summed E-state index contributed by atoms with van der Waals surface area (Å²) in [4.78, 5) is 17.4. The minimum Gasteiger partial charge on any atom is -0.374 e. The Bertz CT molecular complexity index is 931. The molecule has 0 aliphatic carbocycles. The van der Waals surface area contributed by atoms with Crippen molar-refractivity contribution in [1.29, 1.82) is 0 Å². The van der Waals surface area contributed by atoms with Crippen LogP contribution >= 0.6 is 0 Å². The van der Waals surface area contributed by atoms with Crippen molar-refractivity contribution < 1.29 is 17.9 Å². The highest BCUT2D eigenvalue weighted by Gasteiger charge is 2.39. The Hall–Kier alpha value is -1.97. The average molecular weight is 435 g/mol. The van der Waals surface area contributed by atoms with Crippen molar-refractivity contribution in [2.75, 3.05) is 39.3 Å². The molecule has 3 heterocycles. The summed E-state index contributed by atoms with van der Waals surface area (Å²) in [5.74, 6) is 0.888. The van der Waals surface area contributed by atoms with E-state index in [0.717, 1.165) is 26.1 Å². The first-order chi connectivity index (χ1) is 14.3. The smallest absolute Gasteiger partial charge is 0.285 e. The zero-order chi connectivity index (χ0) is 21.3. The molecule has 0 radical (unpaired) electrons. The monoisotopic (exact) mass is 434 g/mol. The Labute approximate surface area is 178 Å². The Morgan fingerprint density at radius 3 is 2.90 bits per heavy atom. The maximum Gasteiger partial charge on any atom is 0.285 e. The molecule has 4 rings (SSSR count). The van der Waals surface area contributed by atoms with Gasteiger partial charge in [0, 0.05) is 38.3 Å². The lowest BCUT2D eigenvalue weighted by Gasteiger charge is -2.34. The van der Waals surface area contributed by atoms with Crippen LogP contribution in [0.15, 0.2) is 33.6 Å². The SMILES string of the molecule is CC(C)CN1CCOC(CNC(=O)[C@@H]2CCCN2C2=NS(=O)(=O)c3ccccc32)C1. The van der Waals surface area contributed by atoms with Crippen LogP contribution in [0.3, 0.4) is 0 Å². The quantitative estimate of drug-likeness (QED) is 0.746. The second kappa shape index (κ2) is 8.64. The lowest BCUT2D eigenvalue weighted by molar-refractivity contribution is -0.125. The molecular weight excluding hydrogens is 404 g/mol. The Morgan fingerprint density at radius 2 is 2.10 bits per heavy atom. The topological polar surface area (TPSA) is 91.3 Å². The molecule has 1 unspecified atom stereocenters. The molecule has 3 aliphatic heterocycles. The maximum absolute atomic E-state index is 13.0. The summed E-state index contributed by atoms with van der Waals surface area (Å²) < 4.78 is 34.6. The van der Waals surface area contributed by atoms with Crippen LogP contribution in [0, 0.1) is 5.92 Å². The van der Waals surface area contributed by atoms with Gasteiger partial charge in [0.2, 0.25) is 5.91 Å². The Kier molecular flexibility index (Phi) is 6.13. The van der Waals surface area contributed by atoms with Gasteiger partial charge in [-0.2, -0.15) is 8.42 Å². The van der Waals surface area contributed by atoms with Crippen LogP contribution in [0.5, 0.6) is 0 Å². The van der Waals surface area contributed by atoms with E-state index < -0.39 is 16.1 Å². The second-order valence-corrected chi connectivity index (χ2v) is 10.2. The molecule has 2 saturated heterocycles. The number of rotatable bonds is 5. The van der Waals surface area contributed by atoms with E-state index in [2.05, 4.69) is 28.5 Å². The number of amides is 1. The van der Waals surface area contributed by atoms with E-state index in [1.54, 1.807) is 24.3 Å². The van der Waals surface area contributed by atoms with Crippen LogP contribution < -0.4 is 5.32 Å². The summed E-state index contributed by atoms with van der Waals surface area (Å²) in [6.45, 7) is 8.90. The number of likely N-dealkylation sites (tertiary alicyclic amines) is 1. The first-order valence-corrected chi connectivity index (χ1v) is 12.1. The van der Waals surface area contributed by atoms with E-state index in [-0.39, 0.29) is 16.9 Å². The van der Waals surface area contributed by atoms with E-state index in [4.69, 9.17) is 4.74 Å². The number of carbonyl (C=O) groups excluding carboxylic acids is 1. The molecule has 2 fully saturated rings. The van der Waals surface area contributed by atoms with Crippen LogP contribution in [-0.4, -0.2) is 81.4 Å². The molecule has 9 heteroatoms. The van der Waals surface area contributed by atoms with Crippen molar-refractivity contribution in [3.05, 3.63) is 29.8 Å². The van der Waals surface area contributed by atoms with Crippen molar-refractivity contribution in [1.82, 2.24) is 15.1 Å². The largest absolute Gasteiger partial charge is 0.374 e. The number of carbonyl (C=O) groups is 1. The third kappa shape index (κ3) is 4.38. The number of benzene rings is 1. The zero-order valence-electron chi connectivity index (χ0n) is 17.6. The summed E-state index contributed by atoms with van der Waals surface area (Å²) in [6, 6.07) is 6.39. The van der Waals surface area contributed by atoms with Gasteiger partial charge in [-0.05, 0) is 30.9 Å². The number of fused-ring (bicyclic) bond motifs is 1. The van der Waals surface area contributed by atoms with Gasteiger partial charge < -0.3 is 15.0 Å². The van der Waals surface area contributed by atoms with E-state index in [1.807, 2.05) is 4.90 Å². The Morgan fingerprint density at radius 1 is 1.30 bits per heavy atom. The molecule has 3 aliphatic rings. The molecule has 0 aromatic heterocycles. The predicted molar refractivity (Wildman–Crippen MR) is 114 cm³/mol. The van der Waals surface area contributed by atoms with Crippen LogP contribution in [0.4, 0.5) is 0 Å². The molecule has 1 aromatic carbocycles. The number of amidine groups is 1. The predicted octanol–water partition coefficient (Wildman–Crippen LogP) is 1.07. The Balaban J connectivity index is 1.40. The van der Waals surface area contributed by atoms with Gasteiger partial charge in [0.25, 0.3) is 10.0 Å². The molecular formula is C21H30N4O4S. The highest BCUT2D eigenvalue weighted by Crippen LogP contribution is 2.31. The van der Waals surface area contributed by atoms with Crippen molar-refractivity contribution >= 4 is 21.8 Å². The number of nitrogens with one attached hydrogen (secondary N) is 1. The number of hydrogen-bond acceptors (Lipinski definition) is 6. The molecule has 1 N–H and O–H groups in total. The maximum atomic E-state index is 13.0. The van der Waals surface area contributed by atoms with E-state index in [0.29, 0.717) is 43.4 Å². The molecule has 2 atom stereocenters. The first kappa shape index (κ1) is 21.3. The van der Waals surface area contributed by atoms with Crippen LogP contribution in [0.1, 0.15) is 32.3 Å². The van der Waals surface area contributed by atoms with E-state index >= 15 is 0 Å². The molecule has 164 valence electrons. The minimum absolute atomic E-state index is 0.0266. The second-order valence-electron chi connectivity index (χ2n) is 8.63. The minimum atomic E-state index is -3.70. The van der Waals surface area contributed by atoms with Gasteiger partial charge in [0.05, 0.1) is 12.7 Å². The van der Waals surface area contributed by atoms with Gasteiger partial charge in [0.1, 0.15) is 10.9 Å². The van der Waals surface area contributed by atoms with Crippen molar-refractivity contribution in [2.45, 2.75) is 43.7 Å². The number of nitrogens with zero attached hydrogens (tertiary/aromatic N) is 3. The summed E-state index contributed by atoms with van der Waals surface area (Å²) in [7, 11) is -3.70. The van der Waals surface area contributed by atoms with Crippen molar-refractivity contribution in [2.24, 2.45) is 10.3 Å². The lowest BCUT2D eigenvalue weighted by atomic mass is 10.1. The lowest BCUT2D eigenvalue weighted by Crippen LogP contribution is -2.51. The molecule has 0 spiro atoms. The zero-order valence-corrected chi connectivity index (χ0v) is 18.4. The normalized spacial score (nSPS) is 26.0.